The number of fused-ring (bicyclic) bond motifs is 1. The first-order valence-electron chi connectivity index (χ1n) is 8.83. The lowest BCUT2D eigenvalue weighted by Gasteiger charge is -2.29. The Hall–Kier alpha value is -2.01. The van der Waals surface area contributed by atoms with E-state index in [0.29, 0.717) is 12.5 Å². The normalized spacial score (nSPS) is 20.9. The smallest absolute Gasteiger partial charge is 0.319 e. The zero-order chi connectivity index (χ0) is 16.9. The van der Waals surface area contributed by atoms with Crippen LogP contribution in [0.4, 0.5) is 10.5 Å². The molecule has 0 radical (unpaired) electrons. The molecule has 0 unspecified atom stereocenters. The van der Waals surface area contributed by atoms with Crippen molar-refractivity contribution in [3.63, 3.8) is 0 Å². The van der Waals surface area contributed by atoms with E-state index in [9.17, 15) is 4.79 Å². The number of carbonyl (C=O) groups is 1. The van der Waals surface area contributed by atoms with E-state index in [1.165, 1.54) is 19.3 Å². The third kappa shape index (κ3) is 3.73. The maximum absolute atomic E-state index is 12.4. The minimum atomic E-state index is -0.108. The molecule has 1 aromatic heterocycles. The number of rotatable bonds is 5. The first kappa shape index (κ1) is 16.8. The van der Waals surface area contributed by atoms with Crippen molar-refractivity contribution in [2.24, 2.45) is 5.92 Å². The molecule has 24 heavy (non-hydrogen) atoms. The molecule has 5 heteroatoms. The molecule has 1 aliphatic carbocycles. The van der Waals surface area contributed by atoms with E-state index in [0.717, 1.165) is 29.6 Å². The summed E-state index contributed by atoms with van der Waals surface area (Å²) in [5.41, 5.74) is 1.96. The fraction of sp³-hybridized carbons (Fsp3) is 0.526. The van der Waals surface area contributed by atoms with E-state index >= 15 is 0 Å². The Bertz CT molecular complexity index is 695. The van der Waals surface area contributed by atoms with Gasteiger partial charge in [-0.05, 0) is 24.8 Å². The second kappa shape index (κ2) is 7.71. The number of hydrogen-bond acceptors (Lipinski definition) is 2. The van der Waals surface area contributed by atoms with E-state index in [4.69, 9.17) is 4.74 Å². The fourth-order valence-corrected chi connectivity index (χ4v) is 3.58. The molecule has 1 saturated carbocycles. The maximum atomic E-state index is 12.4. The number of aromatic nitrogens is 1. The van der Waals surface area contributed by atoms with Crippen molar-refractivity contribution in [3.05, 3.63) is 30.5 Å². The molecule has 2 N–H and O–H groups in total. The molecular formula is C19H27N3O2. The van der Waals surface area contributed by atoms with E-state index in [2.05, 4.69) is 28.2 Å². The summed E-state index contributed by atoms with van der Waals surface area (Å²) in [4.78, 5) is 12.4. The molecule has 0 aliphatic heterocycles. The van der Waals surface area contributed by atoms with Crippen molar-refractivity contribution in [2.75, 3.05) is 19.0 Å². The number of anilines is 1. The zero-order valence-corrected chi connectivity index (χ0v) is 14.5. The van der Waals surface area contributed by atoms with Crippen LogP contribution < -0.4 is 10.6 Å². The van der Waals surface area contributed by atoms with Gasteiger partial charge < -0.3 is 19.9 Å². The van der Waals surface area contributed by atoms with Crippen LogP contribution >= 0.6 is 0 Å². The van der Waals surface area contributed by atoms with Crippen LogP contribution in [0.15, 0.2) is 30.5 Å². The summed E-state index contributed by atoms with van der Waals surface area (Å²) in [7, 11) is 1.70. The molecule has 0 saturated heterocycles. The highest BCUT2D eigenvalue weighted by molar-refractivity contribution is 6.01. The van der Waals surface area contributed by atoms with Gasteiger partial charge in [0.1, 0.15) is 0 Å². The molecular weight excluding hydrogens is 302 g/mol. The number of para-hydroxylation sites is 1. The minimum Gasteiger partial charge on any atom is -0.383 e. The average Bonchev–Trinajstić information content (AvgIpc) is 2.93. The van der Waals surface area contributed by atoms with Crippen LogP contribution in [0.5, 0.6) is 0 Å². The summed E-state index contributed by atoms with van der Waals surface area (Å²) in [5.74, 6) is 0.549. The summed E-state index contributed by atoms with van der Waals surface area (Å²) in [5, 5.41) is 7.24. The zero-order valence-electron chi connectivity index (χ0n) is 14.5. The van der Waals surface area contributed by atoms with Crippen molar-refractivity contribution in [1.82, 2.24) is 9.88 Å². The lowest BCUT2D eigenvalue weighted by atomic mass is 9.86. The molecule has 130 valence electrons. The fourth-order valence-electron chi connectivity index (χ4n) is 3.58. The SMILES string of the molecule is COCCn1cc(NC(=O)N[C@@H]2CCCC[C@@H]2C)c2ccccc21. The Balaban J connectivity index is 1.73. The second-order valence-electron chi connectivity index (χ2n) is 6.71. The third-order valence-corrected chi connectivity index (χ3v) is 5.00. The maximum Gasteiger partial charge on any atom is 0.319 e. The van der Waals surface area contributed by atoms with E-state index in [1.54, 1.807) is 7.11 Å². The molecule has 1 aliphatic rings. The second-order valence-corrected chi connectivity index (χ2v) is 6.71. The van der Waals surface area contributed by atoms with Crippen LogP contribution in [-0.4, -0.2) is 30.4 Å². The molecule has 3 rings (SSSR count). The number of amides is 2. The number of nitrogens with one attached hydrogen (secondary N) is 2. The quantitative estimate of drug-likeness (QED) is 0.871. The third-order valence-electron chi connectivity index (χ3n) is 5.00. The van der Waals surface area contributed by atoms with Crippen molar-refractivity contribution in [3.8, 4) is 0 Å². The summed E-state index contributed by atoms with van der Waals surface area (Å²) < 4.78 is 7.30. The predicted molar refractivity (Wildman–Crippen MR) is 97.4 cm³/mol. The van der Waals surface area contributed by atoms with Gasteiger partial charge in [0.15, 0.2) is 0 Å². The highest BCUT2D eigenvalue weighted by Crippen LogP contribution is 2.27. The molecule has 5 nitrogen and oxygen atoms in total. The van der Waals surface area contributed by atoms with Gasteiger partial charge in [0, 0.05) is 31.3 Å². The number of urea groups is 1. The van der Waals surface area contributed by atoms with Gasteiger partial charge in [0.2, 0.25) is 0 Å². The van der Waals surface area contributed by atoms with Gasteiger partial charge in [-0.1, -0.05) is 38.0 Å². The Kier molecular flexibility index (Phi) is 5.41. The van der Waals surface area contributed by atoms with Crippen molar-refractivity contribution < 1.29 is 9.53 Å². The topological polar surface area (TPSA) is 55.3 Å². The van der Waals surface area contributed by atoms with Crippen LogP contribution in [0.3, 0.4) is 0 Å². The molecule has 2 atom stereocenters. The summed E-state index contributed by atoms with van der Waals surface area (Å²) >= 11 is 0. The van der Waals surface area contributed by atoms with Gasteiger partial charge in [-0.3, -0.25) is 0 Å². The molecule has 2 amide bonds. The number of methoxy groups -OCH3 is 1. The van der Waals surface area contributed by atoms with Crippen LogP contribution in [-0.2, 0) is 11.3 Å². The molecule has 2 aromatic rings. The highest BCUT2D eigenvalue weighted by Gasteiger charge is 2.23. The van der Waals surface area contributed by atoms with Gasteiger partial charge in [0.05, 0.1) is 17.8 Å². The Labute approximate surface area is 143 Å². The van der Waals surface area contributed by atoms with Crippen molar-refractivity contribution in [1.29, 1.82) is 0 Å². The van der Waals surface area contributed by atoms with Crippen molar-refractivity contribution in [2.45, 2.75) is 45.2 Å². The molecule has 1 fully saturated rings. The first-order chi connectivity index (χ1) is 11.7. The summed E-state index contributed by atoms with van der Waals surface area (Å²) in [6.45, 7) is 3.63. The lowest BCUT2D eigenvalue weighted by molar-refractivity contribution is 0.188. The van der Waals surface area contributed by atoms with Gasteiger partial charge in [-0.25, -0.2) is 4.79 Å². The van der Waals surface area contributed by atoms with Crippen LogP contribution in [0.2, 0.25) is 0 Å². The van der Waals surface area contributed by atoms with Gasteiger partial charge in [0.25, 0.3) is 0 Å². The van der Waals surface area contributed by atoms with Gasteiger partial charge in [-0.15, -0.1) is 0 Å². The average molecular weight is 329 g/mol. The highest BCUT2D eigenvalue weighted by atomic mass is 16.5. The summed E-state index contributed by atoms with van der Waals surface area (Å²) in [6.07, 6.45) is 6.73. The van der Waals surface area contributed by atoms with E-state index in [-0.39, 0.29) is 12.1 Å². The number of nitrogens with zero attached hydrogens (tertiary/aromatic N) is 1. The van der Waals surface area contributed by atoms with E-state index < -0.39 is 0 Å². The number of carbonyl (C=O) groups excluding carboxylic acids is 1. The largest absolute Gasteiger partial charge is 0.383 e. The van der Waals surface area contributed by atoms with Gasteiger partial charge >= 0.3 is 6.03 Å². The van der Waals surface area contributed by atoms with Crippen LogP contribution in [0.25, 0.3) is 10.9 Å². The molecule has 0 spiro atoms. The van der Waals surface area contributed by atoms with E-state index in [1.807, 2.05) is 24.4 Å². The van der Waals surface area contributed by atoms with Crippen LogP contribution in [0.1, 0.15) is 32.6 Å². The molecule has 1 heterocycles. The standard InChI is InChI=1S/C19H27N3O2/c1-14-7-3-5-9-16(14)20-19(23)21-17-13-22(11-12-24-2)18-10-6-4-8-15(17)18/h4,6,8,10,13-14,16H,3,5,7,9,11-12H2,1-2H3,(H2,20,21,23)/t14-,16+/m0/s1. The minimum absolute atomic E-state index is 0.108. The first-order valence-corrected chi connectivity index (χ1v) is 8.83. The number of hydrogen-bond donors (Lipinski definition) is 2. The molecule has 1 aromatic carbocycles. The van der Waals surface area contributed by atoms with Crippen molar-refractivity contribution >= 4 is 22.6 Å². The lowest BCUT2D eigenvalue weighted by Crippen LogP contribution is -2.43. The number of benzene rings is 1. The molecule has 0 bridgehead atoms. The Morgan fingerprint density at radius 2 is 2.08 bits per heavy atom. The number of ether oxygens (including phenoxy) is 1. The monoisotopic (exact) mass is 329 g/mol. The predicted octanol–water partition coefficient (Wildman–Crippen LogP) is 3.99. The van der Waals surface area contributed by atoms with Crippen LogP contribution in [0, 0.1) is 5.92 Å². The Morgan fingerprint density at radius 1 is 1.29 bits per heavy atom. The Morgan fingerprint density at radius 3 is 2.88 bits per heavy atom. The summed E-state index contributed by atoms with van der Waals surface area (Å²) in [6, 6.07) is 8.28. The van der Waals surface area contributed by atoms with Gasteiger partial charge in [-0.2, -0.15) is 0 Å².